The van der Waals surface area contributed by atoms with Gasteiger partial charge in [-0.25, -0.2) is 4.98 Å². The van der Waals surface area contributed by atoms with Crippen LogP contribution in [0.5, 0.6) is 0 Å². The topological polar surface area (TPSA) is 58.1 Å². The molecule has 2 aromatic heterocycles. The van der Waals surface area contributed by atoms with E-state index in [9.17, 15) is 4.79 Å². The van der Waals surface area contributed by atoms with E-state index in [4.69, 9.17) is 0 Å². The van der Waals surface area contributed by atoms with Gasteiger partial charge in [-0.05, 0) is 49.7 Å². The second kappa shape index (κ2) is 7.56. The van der Waals surface area contributed by atoms with Gasteiger partial charge in [0.1, 0.15) is 0 Å². The zero-order chi connectivity index (χ0) is 19.0. The van der Waals surface area contributed by atoms with Crippen LogP contribution in [-0.4, -0.2) is 39.4 Å². The van der Waals surface area contributed by atoms with E-state index >= 15 is 0 Å². The number of hydrogen-bond donors (Lipinski definition) is 1. The lowest BCUT2D eigenvalue weighted by molar-refractivity contribution is -0.133. The fourth-order valence-corrected chi connectivity index (χ4v) is 6.14. The van der Waals surface area contributed by atoms with Crippen molar-refractivity contribution in [3.05, 3.63) is 46.7 Å². The molecule has 1 N–H and O–H groups in total. The van der Waals surface area contributed by atoms with Crippen LogP contribution in [0, 0.1) is 11.3 Å². The molecular formula is C22H28N4OS. The van der Waals surface area contributed by atoms with Gasteiger partial charge in [0.2, 0.25) is 5.91 Å². The Morgan fingerprint density at radius 1 is 1.32 bits per heavy atom. The number of fused-ring (bicyclic) bond motifs is 2. The second-order valence-corrected chi connectivity index (χ2v) is 9.52. The molecule has 1 aliphatic carbocycles. The van der Waals surface area contributed by atoms with Crippen molar-refractivity contribution in [2.75, 3.05) is 6.54 Å². The highest BCUT2D eigenvalue weighted by molar-refractivity contribution is 7.07. The maximum atomic E-state index is 13.6. The minimum atomic E-state index is -0.344. The van der Waals surface area contributed by atoms with E-state index in [0.29, 0.717) is 18.6 Å². The molecule has 1 amide bonds. The Labute approximate surface area is 170 Å². The predicted octanol–water partition coefficient (Wildman–Crippen LogP) is 3.42. The van der Waals surface area contributed by atoms with Crippen molar-refractivity contribution in [3.8, 4) is 0 Å². The van der Waals surface area contributed by atoms with Crippen LogP contribution in [0.15, 0.2) is 35.4 Å². The number of carbonyl (C=O) groups is 1. The molecule has 3 fully saturated rings. The number of aromatic nitrogens is 2. The van der Waals surface area contributed by atoms with Crippen molar-refractivity contribution in [3.63, 3.8) is 0 Å². The molecule has 0 aromatic carbocycles. The Morgan fingerprint density at radius 3 is 2.96 bits per heavy atom. The van der Waals surface area contributed by atoms with Crippen LogP contribution in [0.1, 0.15) is 49.8 Å². The third kappa shape index (κ3) is 3.26. The first kappa shape index (κ1) is 18.3. The van der Waals surface area contributed by atoms with Gasteiger partial charge in [-0.1, -0.05) is 12.5 Å². The first-order valence-corrected chi connectivity index (χ1v) is 11.5. The Morgan fingerprint density at radius 2 is 2.25 bits per heavy atom. The lowest BCUT2D eigenvalue weighted by Gasteiger charge is -2.38. The van der Waals surface area contributed by atoms with Gasteiger partial charge in [-0.15, -0.1) is 11.3 Å². The van der Waals surface area contributed by atoms with Gasteiger partial charge in [0, 0.05) is 49.4 Å². The van der Waals surface area contributed by atoms with Gasteiger partial charge in [-0.2, -0.15) is 0 Å². The van der Waals surface area contributed by atoms with Gasteiger partial charge in [0.15, 0.2) is 0 Å². The van der Waals surface area contributed by atoms with Crippen molar-refractivity contribution in [1.29, 1.82) is 0 Å². The summed E-state index contributed by atoms with van der Waals surface area (Å²) in [6.45, 7) is 1.73. The molecule has 5 nitrogen and oxygen atoms in total. The van der Waals surface area contributed by atoms with Gasteiger partial charge in [-0.3, -0.25) is 14.7 Å². The molecular weight excluding hydrogens is 368 g/mol. The Balaban J connectivity index is 1.37. The number of nitrogens with one attached hydrogen (secondary N) is 1. The van der Waals surface area contributed by atoms with Crippen LogP contribution in [0.2, 0.25) is 0 Å². The third-order valence-electron chi connectivity index (χ3n) is 7.18. The molecule has 28 heavy (non-hydrogen) atoms. The van der Waals surface area contributed by atoms with Crippen LogP contribution in [0.4, 0.5) is 0 Å². The summed E-state index contributed by atoms with van der Waals surface area (Å²) in [7, 11) is 0. The van der Waals surface area contributed by atoms with Crippen molar-refractivity contribution in [2.45, 2.75) is 63.6 Å². The van der Waals surface area contributed by atoms with Crippen molar-refractivity contribution < 1.29 is 4.79 Å². The molecule has 2 aliphatic heterocycles. The van der Waals surface area contributed by atoms with Gasteiger partial charge in [0.05, 0.1) is 16.6 Å². The largest absolute Gasteiger partial charge is 0.351 e. The van der Waals surface area contributed by atoms with Crippen LogP contribution >= 0.6 is 11.3 Å². The van der Waals surface area contributed by atoms with E-state index in [-0.39, 0.29) is 11.3 Å². The minimum Gasteiger partial charge on any atom is -0.351 e. The molecule has 1 saturated carbocycles. The zero-order valence-corrected chi connectivity index (χ0v) is 17.0. The standard InChI is InChI=1S/C22H28N4OS/c27-21(24-12-17-5-2-8-23-11-17)22(9-18-14-28-15-25-18)10-19-6-7-20(22)26(19)13-16-3-1-4-16/h2,5,8,11,14-16,19-20H,1,3-4,6-7,9-10,12-13H2,(H,24,27)/t19-,20+,22+/m1/s1. The normalized spacial score (nSPS) is 29.7. The summed E-state index contributed by atoms with van der Waals surface area (Å²) in [5.74, 6) is 1.05. The highest BCUT2D eigenvalue weighted by atomic mass is 32.1. The van der Waals surface area contributed by atoms with Crippen molar-refractivity contribution >= 4 is 17.2 Å². The number of amides is 1. The Kier molecular flexibility index (Phi) is 4.93. The van der Waals surface area contributed by atoms with Crippen molar-refractivity contribution in [1.82, 2.24) is 20.2 Å². The zero-order valence-electron chi connectivity index (χ0n) is 16.2. The number of pyridine rings is 1. The summed E-state index contributed by atoms with van der Waals surface area (Å²) in [4.78, 5) is 25.0. The van der Waals surface area contributed by atoms with Gasteiger partial charge < -0.3 is 5.32 Å². The summed E-state index contributed by atoms with van der Waals surface area (Å²) in [6.07, 6.45) is 11.8. The lowest BCUT2D eigenvalue weighted by Crippen LogP contribution is -2.51. The predicted molar refractivity (Wildman–Crippen MR) is 110 cm³/mol. The smallest absolute Gasteiger partial charge is 0.228 e. The van der Waals surface area contributed by atoms with E-state index < -0.39 is 0 Å². The van der Waals surface area contributed by atoms with Crippen LogP contribution < -0.4 is 5.32 Å². The minimum absolute atomic E-state index is 0.204. The van der Waals surface area contributed by atoms with E-state index in [2.05, 4.69) is 25.6 Å². The highest BCUT2D eigenvalue weighted by Crippen LogP contribution is 2.52. The number of rotatable bonds is 7. The summed E-state index contributed by atoms with van der Waals surface area (Å²) in [6, 6.07) is 4.86. The number of thiazole rings is 1. The fraction of sp³-hybridized carbons (Fsp3) is 0.591. The average Bonchev–Trinajstić information content (AvgIpc) is 3.39. The summed E-state index contributed by atoms with van der Waals surface area (Å²) < 4.78 is 0. The van der Waals surface area contributed by atoms with E-state index in [1.807, 2.05) is 23.8 Å². The van der Waals surface area contributed by atoms with E-state index in [1.54, 1.807) is 17.5 Å². The van der Waals surface area contributed by atoms with Gasteiger partial charge in [0.25, 0.3) is 0 Å². The maximum Gasteiger partial charge on any atom is 0.228 e. The lowest BCUT2D eigenvalue weighted by atomic mass is 9.70. The molecule has 0 radical (unpaired) electrons. The van der Waals surface area contributed by atoms with Gasteiger partial charge >= 0.3 is 0 Å². The Hall–Kier alpha value is -1.79. The third-order valence-corrected chi connectivity index (χ3v) is 7.82. The summed E-state index contributed by atoms with van der Waals surface area (Å²) >= 11 is 1.62. The van der Waals surface area contributed by atoms with Crippen LogP contribution in [0.3, 0.4) is 0 Å². The quantitative estimate of drug-likeness (QED) is 0.779. The maximum absolute atomic E-state index is 13.6. The van der Waals surface area contributed by atoms with Crippen molar-refractivity contribution in [2.24, 2.45) is 11.3 Å². The summed E-state index contributed by atoms with van der Waals surface area (Å²) in [5, 5.41) is 5.36. The van der Waals surface area contributed by atoms with E-state index in [0.717, 1.165) is 36.4 Å². The van der Waals surface area contributed by atoms with E-state index in [1.165, 1.54) is 32.2 Å². The number of hydrogen-bond acceptors (Lipinski definition) is 5. The molecule has 3 atom stereocenters. The molecule has 0 unspecified atom stereocenters. The number of nitrogens with zero attached hydrogens (tertiary/aromatic N) is 3. The molecule has 3 aliphatic rings. The van der Waals surface area contributed by atoms with Crippen LogP contribution in [0.25, 0.3) is 0 Å². The summed E-state index contributed by atoms with van der Waals surface area (Å²) in [5.41, 5.74) is 3.66. The number of carbonyl (C=O) groups excluding carboxylic acids is 1. The molecule has 2 aromatic rings. The SMILES string of the molecule is O=C(NCc1cccnc1)[C@@]1(Cc2cscn2)C[C@H]2CC[C@@H]1N2CC1CCC1. The molecule has 0 spiro atoms. The first-order chi connectivity index (χ1) is 13.7. The fourth-order valence-electron chi connectivity index (χ4n) is 5.58. The molecule has 2 bridgehead atoms. The second-order valence-electron chi connectivity index (χ2n) is 8.80. The average molecular weight is 397 g/mol. The molecule has 6 heteroatoms. The molecule has 5 rings (SSSR count). The van der Waals surface area contributed by atoms with Crippen LogP contribution in [-0.2, 0) is 17.8 Å². The monoisotopic (exact) mass is 396 g/mol. The Bertz CT molecular complexity index is 807. The first-order valence-electron chi connectivity index (χ1n) is 10.5. The molecule has 2 saturated heterocycles. The molecule has 4 heterocycles. The highest BCUT2D eigenvalue weighted by Gasteiger charge is 2.59. The molecule has 148 valence electrons.